The van der Waals surface area contributed by atoms with E-state index in [1.54, 1.807) is 0 Å². The van der Waals surface area contributed by atoms with Gasteiger partial charge in [0.25, 0.3) is 0 Å². The molecule has 1 aromatic rings. The van der Waals surface area contributed by atoms with E-state index >= 15 is 0 Å². The average molecular weight is 248 g/mol. The highest BCUT2D eigenvalue weighted by molar-refractivity contribution is 6.18. The molecule has 4 heteroatoms. The first-order valence-electron chi connectivity index (χ1n) is 5.08. The molecule has 0 amide bonds. The first-order valence-corrected chi connectivity index (χ1v) is 5.61. The highest BCUT2D eigenvalue weighted by atomic mass is 35.5. The molecule has 90 valence electrons. The fourth-order valence-corrected chi connectivity index (χ4v) is 1.44. The number of halogens is 3. The molecule has 0 aromatic heterocycles. The summed E-state index contributed by atoms with van der Waals surface area (Å²) in [6, 6.07) is 3.48. The minimum absolute atomic E-state index is 0.250. The minimum Gasteiger partial charge on any atom is -0.296 e. The maximum Gasteiger partial charge on any atom is 0.127 e. The highest BCUT2D eigenvalue weighted by Gasteiger charge is 2.23. The average Bonchev–Trinajstić information content (AvgIpc) is 2.23. The molecule has 0 bridgehead atoms. The molecule has 1 rings (SSSR count). The third kappa shape index (κ3) is 3.16. The predicted octanol–water partition coefficient (Wildman–Crippen LogP) is 3.41. The van der Waals surface area contributed by atoms with Crippen LogP contribution in [-0.4, -0.2) is 23.4 Å². The summed E-state index contributed by atoms with van der Waals surface area (Å²) < 4.78 is 26.4. The van der Waals surface area contributed by atoms with Gasteiger partial charge in [-0.1, -0.05) is 0 Å². The summed E-state index contributed by atoms with van der Waals surface area (Å²) in [4.78, 5) is 1.90. The van der Waals surface area contributed by atoms with Gasteiger partial charge in [-0.2, -0.15) is 0 Å². The lowest BCUT2D eigenvalue weighted by Crippen LogP contribution is -2.42. The van der Waals surface area contributed by atoms with Crippen molar-refractivity contribution in [2.24, 2.45) is 0 Å². The summed E-state index contributed by atoms with van der Waals surface area (Å²) in [6.07, 6.45) is 0. The molecule has 0 heterocycles. The van der Waals surface area contributed by atoms with Crippen molar-refractivity contribution in [2.45, 2.75) is 25.9 Å². The summed E-state index contributed by atoms with van der Waals surface area (Å²) >= 11 is 5.82. The lowest BCUT2D eigenvalue weighted by molar-refractivity contribution is 0.168. The van der Waals surface area contributed by atoms with E-state index in [9.17, 15) is 8.78 Å². The Kier molecular flexibility index (Phi) is 4.28. The van der Waals surface area contributed by atoms with Crippen LogP contribution >= 0.6 is 11.6 Å². The van der Waals surface area contributed by atoms with Crippen molar-refractivity contribution in [1.29, 1.82) is 0 Å². The Morgan fingerprint density at radius 1 is 1.31 bits per heavy atom. The first kappa shape index (κ1) is 13.4. The van der Waals surface area contributed by atoms with E-state index < -0.39 is 11.6 Å². The van der Waals surface area contributed by atoms with Crippen LogP contribution in [0.25, 0.3) is 0 Å². The maximum atomic E-state index is 13.4. The van der Waals surface area contributed by atoms with Gasteiger partial charge in [0.1, 0.15) is 11.6 Å². The molecule has 0 aliphatic heterocycles. The van der Waals surface area contributed by atoms with E-state index in [0.29, 0.717) is 18.0 Å². The lowest BCUT2D eigenvalue weighted by atomic mass is 10.1. The maximum absolute atomic E-state index is 13.4. The number of hydrogen-bond donors (Lipinski definition) is 0. The van der Waals surface area contributed by atoms with Crippen molar-refractivity contribution in [3.63, 3.8) is 0 Å². The first-order chi connectivity index (χ1) is 7.36. The molecule has 0 radical (unpaired) electrons. The smallest absolute Gasteiger partial charge is 0.127 e. The van der Waals surface area contributed by atoms with Crippen molar-refractivity contribution < 1.29 is 8.78 Å². The van der Waals surface area contributed by atoms with Crippen LogP contribution in [-0.2, 0) is 6.54 Å². The third-order valence-electron chi connectivity index (χ3n) is 2.78. The molecule has 0 atom stereocenters. The van der Waals surface area contributed by atoms with E-state index in [1.165, 1.54) is 6.07 Å². The van der Waals surface area contributed by atoms with E-state index in [2.05, 4.69) is 0 Å². The van der Waals surface area contributed by atoms with Crippen molar-refractivity contribution in [3.8, 4) is 0 Å². The zero-order valence-corrected chi connectivity index (χ0v) is 10.5. The van der Waals surface area contributed by atoms with Crippen LogP contribution in [0.5, 0.6) is 0 Å². The van der Waals surface area contributed by atoms with Crippen molar-refractivity contribution in [2.75, 3.05) is 12.9 Å². The van der Waals surface area contributed by atoms with Crippen LogP contribution in [0.2, 0.25) is 0 Å². The van der Waals surface area contributed by atoms with Crippen molar-refractivity contribution in [1.82, 2.24) is 4.90 Å². The minimum atomic E-state index is -0.423. The molecule has 0 unspecified atom stereocenters. The van der Waals surface area contributed by atoms with Gasteiger partial charge in [-0.15, -0.1) is 11.6 Å². The molecule has 0 saturated carbocycles. The molecular weight excluding hydrogens is 232 g/mol. The molecule has 1 aromatic carbocycles. The Bertz CT molecular complexity index is 366. The number of rotatable bonds is 4. The molecule has 0 spiro atoms. The number of hydrogen-bond acceptors (Lipinski definition) is 1. The van der Waals surface area contributed by atoms with E-state index in [4.69, 9.17) is 11.6 Å². The van der Waals surface area contributed by atoms with Crippen LogP contribution in [0.3, 0.4) is 0 Å². The normalized spacial score (nSPS) is 12.2. The van der Waals surface area contributed by atoms with Crippen molar-refractivity contribution in [3.05, 3.63) is 35.4 Å². The molecular formula is C12H16ClF2N. The van der Waals surface area contributed by atoms with Gasteiger partial charge >= 0.3 is 0 Å². The fraction of sp³-hybridized carbons (Fsp3) is 0.500. The van der Waals surface area contributed by atoms with E-state index in [0.717, 1.165) is 12.1 Å². The Morgan fingerprint density at radius 3 is 2.50 bits per heavy atom. The Hall–Kier alpha value is -0.670. The summed E-state index contributed by atoms with van der Waals surface area (Å²) in [6.45, 7) is 4.25. The van der Waals surface area contributed by atoms with E-state index in [-0.39, 0.29) is 5.54 Å². The standard InChI is InChI=1S/C12H16ClF2N/c1-12(2,8-13)16(3)7-9-6-10(14)4-5-11(9)15/h4-6H,7-8H2,1-3H3. The lowest BCUT2D eigenvalue weighted by Gasteiger charge is -2.33. The van der Waals surface area contributed by atoms with Gasteiger partial charge < -0.3 is 0 Å². The van der Waals surface area contributed by atoms with E-state index in [1.807, 2.05) is 25.8 Å². The summed E-state index contributed by atoms with van der Waals surface area (Å²) in [5.74, 6) is -0.382. The Morgan fingerprint density at radius 2 is 1.94 bits per heavy atom. The monoisotopic (exact) mass is 247 g/mol. The number of alkyl halides is 1. The zero-order valence-electron chi connectivity index (χ0n) is 9.73. The number of nitrogens with zero attached hydrogens (tertiary/aromatic N) is 1. The van der Waals surface area contributed by atoms with Crippen LogP contribution in [0, 0.1) is 11.6 Å². The molecule has 0 aliphatic rings. The quantitative estimate of drug-likeness (QED) is 0.737. The van der Waals surface area contributed by atoms with Crippen LogP contribution in [0.15, 0.2) is 18.2 Å². The van der Waals surface area contributed by atoms with Gasteiger partial charge in [-0.25, -0.2) is 8.78 Å². The summed E-state index contributed by atoms with van der Waals surface area (Å²) in [5.41, 5.74) is 0.0982. The second-order valence-corrected chi connectivity index (χ2v) is 4.81. The molecule has 0 N–H and O–H groups in total. The van der Waals surface area contributed by atoms with Crippen molar-refractivity contribution >= 4 is 11.6 Å². The fourth-order valence-electron chi connectivity index (χ4n) is 1.24. The Labute approximate surface area is 100 Å². The molecule has 0 saturated heterocycles. The van der Waals surface area contributed by atoms with Gasteiger partial charge in [0, 0.05) is 23.5 Å². The summed E-state index contributed by atoms with van der Waals surface area (Å²) in [5, 5.41) is 0. The number of benzene rings is 1. The van der Waals surface area contributed by atoms with Crippen LogP contribution in [0.4, 0.5) is 8.78 Å². The van der Waals surface area contributed by atoms with Gasteiger partial charge in [0.2, 0.25) is 0 Å². The van der Waals surface area contributed by atoms with Crippen LogP contribution < -0.4 is 0 Å². The summed E-state index contributed by atoms with van der Waals surface area (Å²) in [7, 11) is 1.84. The van der Waals surface area contributed by atoms with Gasteiger partial charge in [-0.3, -0.25) is 4.90 Å². The van der Waals surface area contributed by atoms with Gasteiger partial charge in [0.05, 0.1) is 0 Å². The Balaban J connectivity index is 2.84. The zero-order chi connectivity index (χ0) is 12.3. The topological polar surface area (TPSA) is 3.24 Å². The predicted molar refractivity (Wildman–Crippen MR) is 62.6 cm³/mol. The largest absolute Gasteiger partial charge is 0.296 e. The molecule has 0 aliphatic carbocycles. The molecule has 16 heavy (non-hydrogen) atoms. The molecule has 1 nitrogen and oxygen atoms in total. The van der Waals surface area contributed by atoms with Gasteiger partial charge in [0.15, 0.2) is 0 Å². The van der Waals surface area contributed by atoms with Gasteiger partial charge in [-0.05, 0) is 39.1 Å². The second-order valence-electron chi connectivity index (χ2n) is 4.54. The highest BCUT2D eigenvalue weighted by Crippen LogP contribution is 2.19. The second kappa shape index (κ2) is 5.11. The molecule has 0 fully saturated rings. The van der Waals surface area contributed by atoms with Crippen LogP contribution in [0.1, 0.15) is 19.4 Å². The third-order valence-corrected chi connectivity index (χ3v) is 3.43. The SMILES string of the molecule is CN(Cc1cc(F)ccc1F)C(C)(C)CCl.